The third-order valence-corrected chi connectivity index (χ3v) is 3.28. The smallest absolute Gasteiger partial charge is 0.337 e. The van der Waals surface area contributed by atoms with Gasteiger partial charge in [0.2, 0.25) is 0 Å². The molecule has 0 saturated carbocycles. The van der Waals surface area contributed by atoms with Gasteiger partial charge in [-0.1, -0.05) is 6.92 Å². The first-order chi connectivity index (χ1) is 9.36. The number of nitrogen functional groups attached to an aromatic ring is 1. The fraction of sp³-hybridized carbons (Fsp3) is 0.533. The Kier molecular flexibility index (Phi) is 5.82. The first kappa shape index (κ1) is 16.3. The van der Waals surface area contributed by atoms with Gasteiger partial charge in [0.15, 0.2) is 0 Å². The number of aryl methyl sites for hydroxylation is 1. The molecular weight excluding hydrogens is 254 g/mol. The SMILES string of the molecule is CCCN(CCN(C)C)c1cc(C)c(N)c(C(=O)O)c1. The lowest BCUT2D eigenvalue weighted by Gasteiger charge is -2.27. The summed E-state index contributed by atoms with van der Waals surface area (Å²) in [7, 11) is 4.06. The summed E-state index contributed by atoms with van der Waals surface area (Å²) in [6.45, 7) is 6.65. The summed E-state index contributed by atoms with van der Waals surface area (Å²) in [6, 6.07) is 3.64. The molecule has 0 heterocycles. The quantitative estimate of drug-likeness (QED) is 0.748. The summed E-state index contributed by atoms with van der Waals surface area (Å²) in [5, 5.41) is 9.24. The lowest BCUT2D eigenvalue weighted by molar-refractivity contribution is 0.0698. The van der Waals surface area contributed by atoms with E-state index < -0.39 is 5.97 Å². The first-order valence-electron chi connectivity index (χ1n) is 6.89. The van der Waals surface area contributed by atoms with Gasteiger partial charge < -0.3 is 20.6 Å². The summed E-state index contributed by atoms with van der Waals surface area (Å²) in [6.07, 6.45) is 1.01. The fourth-order valence-electron chi connectivity index (χ4n) is 2.10. The highest BCUT2D eigenvalue weighted by molar-refractivity contribution is 5.95. The zero-order valence-corrected chi connectivity index (χ0v) is 12.8. The second kappa shape index (κ2) is 7.14. The molecule has 0 radical (unpaired) electrons. The van der Waals surface area contributed by atoms with E-state index >= 15 is 0 Å². The van der Waals surface area contributed by atoms with Crippen LogP contribution in [0.5, 0.6) is 0 Å². The van der Waals surface area contributed by atoms with Gasteiger partial charge in [0, 0.05) is 31.0 Å². The minimum Gasteiger partial charge on any atom is -0.478 e. The molecule has 5 heteroatoms. The fourth-order valence-corrected chi connectivity index (χ4v) is 2.10. The maximum Gasteiger partial charge on any atom is 0.337 e. The topological polar surface area (TPSA) is 69.8 Å². The normalized spacial score (nSPS) is 10.8. The number of benzene rings is 1. The van der Waals surface area contributed by atoms with Crippen molar-refractivity contribution in [2.24, 2.45) is 0 Å². The zero-order valence-electron chi connectivity index (χ0n) is 12.8. The highest BCUT2D eigenvalue weighted by atomic mass is 16.4. The van der Waals surface area contributed by atoms with E-state index in [9.17, 15) is 9.90 Å². The zero-order chi connectivity index (χ0) is 15.3. The largest absolute Gasteiger partial charge is 0.478 e. The van der Waals surface area contributed by atoms with E-state index in [1.165, 1.54) is 0 Å². The molecular formula is C15H25N3O2. The van der Waals surface area contributed by atoms with Crippen molar-refractivity contribution in [1.29, 1.82) is 0 Å². The van der Waals surface area contributed by atoms with E-state index in [-0.39, 0.29) is 5.56 Å². The molecule has 0 aliphatic rings. The molecule has 0 aliphatic carbocycles. The molecule has 3 N–H and O–H groups in total. The molecule has 0 bridgehead atoms. The van der Waals surface area contributed by atoms with Crippen LogP contribution in [-0.2, 0) is 0 Å². The predicted molar refractivity (Wildman–Crippen MR) is 83.6 cm³/mol. The number of rotatable bonds is 7. The minimum absolute atomic E-state index is 0.186. The van der Waals surface area contributed by atoms with Crippen molar-refractivity contribution in [3.8, 4) is 0 Å². The van der Waals surface area contributed by atoms with Crippen LogP contribution in [0.15, 0.2) is 12.1 Å². The Morgan fingerprint density at radius 1 is 1.25 bits per heavy atom. The van der Waals surface area contributed by atoms with E-state index in [4.69, 9.17) is 5.73 Å². The molecule has 0 unspecified atom stereocenters. The summed E-state index contributed by atoms with van der Waals surface area (Å²) in [5.41, 5.74) is 8.12. The Hall–Kier alpha value is -1.75. The third-order valence-electron chi connectivity index (χ3n) is 3.28. The first-order valence-corrected chi connectivity index (χ1v) is 6.89. The van der Waals surface area contributed by atoms with Gasteiger partial charge in [0.1, 0.15) is 0 Å². The number of nitrogens with zero attached hydrogens (tertiary/aromatic N) is 2. The van der Waals surface area contributed by atoms with Crippen molar-refractivity contribution < 1.29 is 9.90 Å². The molecule has 1 rings (SSSR count). The maximum atomic E-state index is 11.3. The van der Waals surface area contributed by atoms with Crippen LogP contribution in [0.2, 0.25) is 0 Å². The van der Waals surface area contributed by atoms with E-state index in [2.05, 4.69) is 16.7 Å². The lowest BCUT2D eigenvalue weighted by atomic mass is 10.1. The Morgan fingerprint density at radius 2 is 1.90 bits per heavy atom. The molecule has 0 atom stereocenters. The highest BCUT2D eigenvalue weighted by Gasteiger charge is 2.15. The molecule has 1 aromatic carbocycles. The third kappa shape index (κ3) is 4.13. The highest BCUT2D eigenvalue weighted by Crippen LogP contribution is 2.25. The molecule has 0 amide bonds. The number of carboxylic acids is 1. The summed E-state index contributed by atoms with van der Waals surface area (Å²) in [4.78, 5) is 15.6. The number of nitrogens with two attached hydrogens (primary N) is 1. The number of hydrogen-bond acceptors (Lipinski definition) is 4. The molecule has 0 aromatic heterocycles. The summed E-state index contributed by atoms with van der Waals surface area (Å²) < 4.78 is 0. The van der Waals surface area contributed by atoms with Gasteiger partial charge in [-0.3, -0.25) is 0 Å². The summed E-state index contributed by atoms with van der Waals surface area (Å²) in [5.74, 6) is -0.975. The second-order valence-corrected chi connectivity index (χ2v) is 5.32. The van der Waals surface area contributed by atoms with Gasteiger partial charge in [0.05, 0.1) is 5.56 Å². The number of carboxylic acid groups (broad SMARTS) is 1. The van der Waals surface area contributed by atoms with Crippen LogP contribution in [0.1, 0.15) is 29.3 Å². The number of likely N-dealkylation sites (N-methyl/N-ethyl adjacent to an activating group) is 1. The number of aromatic carboxylic acids is 1. The van der Waals surface area contributed by atoms with Crippen LogP contribution in [0.4, 0.5) is 11.4 Å². The van der Waals surface area contributed by atoms with Crippen LogP contribution in [-0.4, -0.2) is 49.7 Å². The molecule has 0 aliphatic heterocycles. The van der Waals surface area contributed by atoms with Crippen molar-refractivity contribution >= 4 is 17.3 Å². The van der Waals surface area contributed by atoms with Crippen LogP contribution in [0, 0.1) is 6.92 Å². The van der Waals surface area contributed by atoms with Gasteiger partial charge in [-0.2, -0.15) is 0 Å². The van der Waals surface area contributed by atoms with Crippen molar-refractivity contribution in [2.75, 3.05) is 44.4 Å². The number of hydrogen-bond donors (Lipinski definition) is 2. The molecule has 0 fully saturated rings. The predicted octanol–water partition coefficient (Wildman–Crippen LogP) is 2.05. The minimum atomic E-state index is -0.975. The number of anilines is 2. The Labute approximate surface area is 121 Å². The number of carbonyl (C=O) groups is 1. The molecule has 5 nitrogen and oxygen atoms in total. The van der Waals surface area contributed by atoms with Crippen molar-refractivity contribution in [1.82, 2.24) is 4.90 Å². The van der Waals surface area contributed by atoms with Crippen molar-refractivity contribution in [3.05, 3.63) is 23.3 Å². The van der Waals surface area contributed by atoms with E-state index in [0.29, 0.717) is 5.69 Å². The van der Waals surface area contributed by atoms with Gasteiger partial charge in [-0.05, 0) is 45.1 Å². The molecule has 20 heavy (non-hydrogen) atoms. The van der Waals surface area contributed by atoms with Crippen LogP contribution < -0.4 is 10.6 Å². The Bertz CT molecular complexity index is 472. The van der Waals surface area contributed by atoms with Gasteiger partial charge in [-0.15, -0.1) is 0 Å². The monoisotopic (exact) mass is 279 g/mol. The molecule has 0 saturated heterocycles. The molecule has 1 aromatic rings. The van der Waals surface area contributed by atoms with Crippen LogP contribution >= 0.6 is 0 Å². The van der Waals surface area contributed by atoms with Gasteiger partial charge >= 0.3 is 5.97 Å². The summed E-state index contributed by atoms with van der Waals surface area (Å²) >= 11 is 0. The van der Waals surface area contributed by atoms with E-state index in [0.717, 1.165) is 37.3 Å². The Morgan fingerprint density at radius 3 is 2.40 bits per heavy atom. The maximum absolute atomic E-state index is 11.3. The van der Waals surface area contributed by atoms with Gasteiger partial charge in [0.25, 0.3) is 0 Å². The lowest BCUT2D eigenvalue weighted by Crippen LogP contribution is -2.32. The molecule has 112 valence electrons. The van der Waals surface area contributed by atoms with E-state index in [1.54, 1.807) is 6.07 Å². The van der Waals surface area contributed by atoms with E-state index in [1.807, 2.05) is 27.1 Å². The molecule has 0 spiro atoms. The second-order valence-electron chi connectivity index (χ2n) is 5.32. The Balaban J connectivity index is 3.09. The van der Waals surface area contributed by atoms with Crippen LogP contribution in [0.3, 0.4) is 0 Å². The van der Waals surface area contributed by atoms with Gasteiger partial charge in [-0.25, -0.2) is 4.79 Å². The van der Waals surface area contributed by atoms with Crippen molar-refractivity contribution in [2.45, 2.75) is 20.3 Å². The average molecular weight is 279 g/mol. The average Bonchev–Trinajstić information content (AvgIpc) is 2.37. The van der Waals surface area contributed by atoms with Crippen molar-refractivity contribution in [3.63, 3.8) is 0 Å². The van der Waals surface area contributed by atoms with Crippen LogP contribution in [0.25, 0.3) is 0 Å². The standard InChI is InChI=1S/C15H25N3O2/c1-5-6-18(8-7-17(3)4)12-9-11(2)14(16)13(10-12)15(19)20/h9-10H,5-8,16H2,1-4H3,(H,19,20).